The van der Waals surface area contributed by atoms with E-state index in [1.807, 2.05) is 6.07 Å². The monoisotopic (exact) mass is 438 g/mol. The van der Waals surface area contributed by atoms with Gasteiger partial charge in [-0.15, -0.1) is 0 Å². The summed E-state index contributed by atoms with van der Waals surface area (Å²) in [4.78, 5) is 0. The lowest BCUT2D eigenvalue weighted by Gasteiger charge is -2.05. The molecule has 0 saturated heterocycles. The van der Waals surface area contributed by atoms with Gasteiger partial charge in [0.2, 0.25) is 0 Å². The summed E-state index contributed by atoms with van der Waals surface area (Å²) in [5, 5.41) is 0. The van der Waals surface area contributed by atoms with E-state index >= 15 is 0 Å². The molecule has 0 spiro atoms. The van der Waals surface area contributed by atoms with Crippen LogP contribution in [0.25, 0.3) is 0 Å². The van der Waals surface area contributed by atoms with Crippen molar-refractivity contribution in [2.24, 2.45) is 0 Å². The van der Waals surface area contributed by atoms with E-state index in [2.05, 4.69) is 67.2 Å². The van der Waals surface area contributed by atoms with E-state index in [1.165, 1.54) is 3.57 Å². The first-order valence-corrected chi connectivity index (χ1v) is 5.78. The van der Waals surface area contributed by atoms with Gasteiger partial charge in [0.15, 0.2) is 0 Å². The Morgan fingerprint density at radius 3 is 2.45 bits per heavy atom. The zero-order chi connectivity index (χ0) is 8.43. The van der Waals surface area contributed by atoms with Crippen LogP contribution in [0.3, 0.4) is 0 Å². The van der Waals surface area contributed by atoms with Crippen LogP contribution in [0.15, 0.2) is 16.6 Å². The molecule has 0 aliphatic rings. The van der Waals surface area contributed by atoms with E-state index in [1.54, 1.807) is 7.11 Å². The topological polar surface area (TPSA) is 9.23 Å². The van der Waals surface area contributed by atoms with Crippen LogP contribution in [0, 0.1) is 7.14 Å². The lowest BCUT2D eigenvalue weighted by molar-refractivity contribution is 0.409. The zero-order valence-electron chi connectivity index (χ0n) is 5.70. The Kier molecular flexibility index (Phi) is 3.90. The highest BCUT2D eigenvalue weighted by molar-refractivity contribution is 14.1. The summed E-state index contributed by atoms with van der Waals surface area (Å²) >= 11 is 7.95. The third kappa shape index (κ3) is 2.45. The first kappa shape index (κ1) is 10.0. The molecule has 0 N–H and O–H groups in total. The third-order valence-electron chi connectivity index (χ3n) is 1.17. The summed E-state index contributed by atoms with van der Waals surface area (Å²) < 4.78 is 8.52. The van der Waals surface area contributed by atoms with Gasteiger partial charge in [0, 0.05) is 3.57 Å². The molecule has 0 aliphatic heterocycles. The minimum absolute atomic E-state index is 0.908. The Balaban J connectivity index is 3.25. The molecule has 11 heavy (non-hydrogen) atoms. The summed E-state index contributed by atoms with van der Waals surface area (Å²) in [6.07, 6.45) is 0. The highest BCUT2D eigenvalue weighted by Gasteiger charge is 2.05. The van der Waals surface area contributed by atoms with Crippen LogP contribution in [-0.2, 0) is 0 Å². The average molecular weight is 439 g/mol. The van der Waals surface area contributed by atoms with Gasteiger partial charge < -0.3 is 4.74 Å². The molecular formula is C7H5BrI2O. The second-order valence-electron chi connectivity index (χ2n) is 1.90. The van der Waals surface area contributed by atoms with Gasteiger partial charge in [-0.05, 0) is 73.2 Å². The molecule has 0 radical (unpaired) electrons. The molecule has 0 saturated carbocycles. The maximum atomic E-state index is 5.17. The van der Waals surface area contributed by atoms with Gasteiger partial charge in [0.1, 0.15) is 5.75 Å². The number of hydrogen-bond acceptors (Lipinski definition) is 1. The zero-order valence-corrected chi connectivity index (χ0v) is 11.6. The normalized spacial score (nSPS) is 9.82. The largest absolute Gasteiger partial charge is 0.494 e. The Labute approximate surface area is 101 Å². The van der Waals surface area contributed by atoms with Crippen LogP contribution in [0.2, 0.25) is 0 Å². The van der Waals surface area contributed by atoms with Crippen molar-refractivity contribution < 1.29 is 4.74 Å². The summed E-state index contributed by atoms with van der Waals surface area (Å²) in [6.45, 7) is 0. The van der Waals surface area contributed by atoms with Gasteiger partial charge >= 0.3 is 0 Å². The summed E-state index contributed by atoms with van der Waals surface area (Å²) in [7, 11) is 1.68. The minimum atomic E-state index is 0.908. The predicted octanol–water partition coefficient (Wildman–Crippen LogP) is 3.67. The van der Waals surface area contributed by atoms with Crippen LogP contribution in [0.5, 0.6) is 5.75 Å². The molecule has 4 heteroatoms. The lowest BCUT2D eigenvalue weighted by atomic mass is 10.3. The quantitative estimate of drug-likeness (QED) is 0.608. The van der Waals surface area contributed by atoms with Crippen LogP contribution in [0.1, 0.15) is 0 Å². The molecule has 0 heterocycles. The summed E-state index contributed by atoms with van der Waals surface area (Å²) in [5.74, 6) is 0.908. The molecule has 0 aromatic heterocycles. The average Bonchev–Trinajstić information content (AvgIpc) is 1.85. The number of hydrogen-bond donors (Lipinski definition) is 0. The van der Waals surface area contributed by atoms with Crippen LogP contribution >= 0.6 is 61.1 Å². The Bertz CT molecular complexity index is 252. The molecule has 1 nitrogen and oxygen atoms in total. The van der Waals surface area contributed by atoms with E-state index in [-0.39, 0.29) is 0 Å². The molecule has 0 atom stereocenters. The van der Waals surface area contributed by atoms with Crippen LogP contribution < -0.4 is 4.74 Å². The first-order valence-electron chi connectivity index (χ1n) is 2.83. The molecule has 0 aliphatic carbocycles. The highest BCUT2D eigenvalue weighted by Crippen LogP contribution is 2.31. The molecule has 1 aromatic carbocycles. The Morgan fingerprint density at radius 2 is 2.00 bits per heavy atom. The van der Waals surface area contributed by atoms with Crippen molar-refractivity contribution in [3.05, 3.63) is 23.7 Å². The van der Waals surface area contributed by atoms with Gasteiger partial charge in [-0.25, -0.2) is 0 Å². The van der Waals surface area contributed by atoms with Crippen molar-refractivity contribution in [3.63, 3.8) is 0 Å². The highest BCUT2D eigenvalue weighted by atomic mass is 127. The fourth-order valence-corrected chi connectivity index (χ4v) is 4.21. The third-order valence-corrected chi connectivity index (χ3v) is 3.18. The van der Waals surface area contributed by atoms with Gasteiger partial charge in [-0.1, -0.05) is 0 Å². The lowest BCUT2D eigenvalue weighted by Crippen LogP contribution is -1.88. The fraction of sp³-hybridized carbons (Fsp3) is 0.143. The molecule has 0 unspecified atom stereocenters. The van der Waals surface area contributed by atoms with Gasteiger partial charge in [0.25, 0.3) is 0 Å². The van der Waals surface area contributed by atoms with E-state index in [0.717, 1.165) is 13.8 Å². The SMILES string of the molecule is COc1c(Br)cc(I)cc1I. The molecule has 0 amide bonds. The second-order valence-corrected chi connectivity index (χ2v) is 5.16. The van der Waals surface area contributed by atoms with Gasteiger partial charge in [-0.3, -0.25) is 0 Å². The van der Waals surface area contributed by atoms with Crippen LogP contribution in [-0.4, -0.2) is 7.11 Å². The van der Waals surface area contributed by atoms with Gasteiger partial charge in [-0.2, -0.15) is 0 Å². The van der Waals surface area contributed by atoms with Crippen molar-refractivity contribution in [2.45, 2.75) is 0 Å². The van der Waals surface area contributed by atoms with E-state index < -0.39 is 0 Å². The Morgan fingerprint density at radius 1 is 1.36 bits per heavy atom. The molecular weight excluding hydrogens is 434 g/mol. The maximum absolute atomic E-state index is 5.17. The van der Waals surface area contributed by atoms with Crippen molar-refractivity contribution >= 4 is 61.1 Å². The minimum Gasteiger partial charge on any atom is -0.494 e. The number of benzene rings is 1. The van der Waals surface area contributed by atoms with E-state index in [0.29, 0.717) is 0 Å². The second kappa shape index (κ2) is 4.27. The standard InChI is InChI=1S/C7H5BrI2O/c1-11-7-5(8)2-4(9)3-6(7)10/h2-3H,1H3. The molecule has 0 bridgehead atoms. The fourth-order valence-electron chi connectivity index (χ4n) is 0.724. The molecule has 1 aromatic rings. The summed E-state index contributed by atoms with van der Waals surface area (Å²) in [5.41, 5.74) is 0. The Hall–Kier alpha value is 0.960. The smallest absolute Gasteiger partial charge is 0.146 e. The predicted molar refractivity (Wildman–Crippen MR) is 66.1 cm³/mol. The van der Waals surface area contributed by atoms with Crippen LogP contribution in [0.4, 0.5) is 0 Å². The first-order chi connectivity index (χ1) is 5.15. The number of ether oxygens (including phenoxy) is 1. The molecule has 1 rings (SSSR count). The van der Waals surface area contributed by atoms with Crippen molar-refractivity contribution in [2.75, 3.05) is 7.11 Å². The van der Waals surface area contributed by atoms with Crippen molar-refractivity contribution in [3.8, 4) is 5.75 Å². The van der Waals surface area contributed by atoms with E-state index in [9.17, 15) is 0 Å². The maximum Gasteiger partial charge on any atom is 0.146 e. The van der Waals surface area contributed by atoms with Crippen molar-refractivity contribution in [1.82, 2.24) is 0 Å². The number of rotatable bonds is 1. The van der Waals surface area contributed by atoms with Gasteiger partial charge in [0.05, 0.1) is 15.2 Å². The van der Waals surface area contributed by atoms with Crippen molar-refractivity contribution in [1.29, 1.82) is 0 Å². The number of halogens is 3. The summed E-state index contributed by atoms with van der Waals surface area (Å²) in [6, 6.07) is 4.10. The van der Waals surface area contributed by atoms with E-state index in [4.69, 9.17) is 4.74 Å². The molecule has 60 valence electrons. The number of methoxy groups -OCH3 is 1. The molecule has 0 fully saturated rings.